The van der Waals surface area contributed by atoms with Crippen LogP contribution in [0.25, 0.3) is 70.4 Å². The van der Waals surface area contributed by atoms with Gasteiger partial charge in [0.15, 0.2) is 5.43 Å². The summed E-state index contributed by atoms with van der Waals surface area (Å²) in [7, 11) is 0. The third kappa shape index (κ3) is 1.79. The Morgan fingerprint density at radius 1 is 0.484 bits per heavy atom. The first-order chi connectivity index (χ1) is 15.3. The minimum Gasteiger partial charge on any atom is -0.306 e. The standard InChI is InChI=1S/C27H13NO.C2H6/c29-27-20-12-10-14-4-1-6-16-18-8-3-9-19-17-7-2-5-15-11-13-21(27)26(23(15)17)28(24(18)19)25(20)22(14)16;1-2/h1-13H;1-2H3. The number of hydrogen-bond donors (Lipinski definition) is 0. The van der Waals surface area contributed by atoms with Crippen molar-refractivity contribution in [1.29, 1.82) is 0 Å². The molecule has 2 heteroatoms. The first-order valence-corrected chi connectivity index (χ1v) is 10.9. The lowest BCUT2D eigenvalue weighted by atomic mass is 9.91. The summed E-state index contributed by atoms with van der Waals surface area (Å²) in [5.74, 6) is 0. The van der Waals surface area contributed by atoms with Crippen LogP contribution in [0.5, 0.6) is 0 Å². The predicted octanol–water partition coefficient (Wildman–Crippen LogP) is 7.56. The van der Waals surface area contributed by atoms with Crippen LogP contribution < -0.4 is 5.43 Å². The average molecular weight is 397 g/mol. The number of pyridine rings is 3. The molecular formula is C29H19NO. The largest absolute Gasteiger partial charge is 0.306 e. The van der Waals surface area contributed by atoms with Crippen LogP contribution in [0.2, 0.25) is 0 Å². The topological polar surface area (TPSA) is 21.5 Å². The van der Waals surface area contributed by atoms with Gasteiger partial charge in [0.2, 0.25) is 0 Å². The summed E-state index contributed by atoms with van der Waals surface area (Å²) in [6.07, 6.45) is 0. The summed E-state index contributed by atoms with van der Waals surface area (Å²) in [5, 5.41) is 11.3. The number of hydrogen-bond acceptors (Lipinski definition) is 1. The molecule has 0 spiro atoms. The maximum Gasteiger partial charge on any atom is 0.197 e. The van der Waals surface area contributed by atoms with E-state index in [4.69, 9.17) is 0 Å². The lowest BCUT2D eigenvalue weighted by Gasteiger charge is -2.22. The smallest absolute Gasteiger partial charge is 0.197 e. The molecule has 0 saturated heterocycles. The van der Waals surface area contributed by atoms with Gasteiger partial charge in [-0.05, 0) is 33.7 Å². The molecule has 31 heavy (non-hydrogen) atoms. The fraction of sp³-hybridized carbons (Fsp3) is 0.0690. The fourth-order valence-corrected chi connectivity index (χ4v) is 5.70. The summed E-state index contributed by atoms with van der Waals surface area (Å²) in [6.45, 7) is 4.00. The van der Waals surface area contributed by atoms with E-state index in [2.05, 4.69) is 71.1 Å². The molecule has 0 amide bonds. The second-order valence-corrected chi connectivity index (χ2v) is 8.10. The van der Waals surface area contributed by atoms with E-state index in [1.54, 1.807) is 0 Å². The Balaban J connectivity index is 0.000000834. The van der Waals surface area contributed by atoms with Gasteiger partial charge in [0.1, 0.15) is 0 Å². The molecule has 0 atom stereocenters. The molecule has 0 fully saturated rings. The van der Waals surface area contributed by atoms with E-state index in [1.165, 1.54) is 48.6 Å². The molecule has 0 radical (unpaired) electrons. The minimum absolute atomic E-state index is 0.127. The quantitative estimate of drug-likeness (QED) is 0.191. The van der Waals surface area contributed by atoms with Crippen LogP contribution in [0.15, 0.2) is 83.7 Å². The number of fused-ring (bicyclic) bond motifs is 2. The third-order valence-electron chi connectivity index (χ3n) is 6.81. The van der Waals surface area contributed by atoms with Crippen LogP contribution in [-0.2, 0) is 0 Å². The Morgan fingerprint density at radius 2 is 0.935 bits per heavy atom. The molecule has 0 aliphatic heterocycles. The molecule has 3 aromatic heterocycles. The normalized spacial score (nSPS) is 12.3. The first-order valence-electron chi connectivity index (χ1n) is 10.9. The van der Waals surface area contributed by atoms with E-state index in [-0.39, 0.29) is 5.43 Å². The Morgan fingerprint density at radius 3 is 1.45 bits per heavy atom. The second kappa shape index (κ2) is 5.61. The van der Waals surface area contributed by atoms with Crippen molar-refractivity contribution in [3.8, 4) is 0 Å². The maximum atomic E-state index is 13.6. The average Bonchev–Trinajstić information content (AvgIpc) is 2.84. The zero-order chi connectivity index (χ0) is 20.9. The Labute approximate surface area is 177 Å². The van der Waals surface area contributed by atoms with E-state index < -0.39 is 0 Å². The van der Waals surface area contributed by atoms with E-state index in [0.29, 0.717) is 0 Å². The first kappa shape index (κ1) is 16.8. The molecule has 2 nitrogen and oxygen atoms in total. The van der Waals surface area contributed by atoms with Crippen LogP contribution in [-0.4, -0.2) is 4.40 Å². The number of rotatable bonds is 0. The van der Waals surface area contributed by atoms with Crippen LogP contribution in [0.4, 0.5) is 0 Å². The molecule has 5 aromatic carbocycles. The zero-order valence-electron chi connectivity index (χ0n) is 17.4. The van der Waals surface area contributed by atoms with Crippen molar-refractivity contribution in [2.75, 3.05) is 0 Å². The monoisotopic (exact) mass is 397 g/mol. The van der Waals surface area contributed by atoms with Crippen molar-refractivity contribution in [2.24, 2.45) is 0 Å². The summed E-state index contributed by atoms with van der Waals surface area (Å²) < 4.78 is 2.38. The Bertz CT molecular complexity index is 1840. The molecule has 8 rings (SSSR count). The SMILES string of the molecule is CC.O=c1c2ccc3cccc4c5cccc6c7cccc8ccc1c(c87)n(c56)c2c34. The van der Waals surface area contributed by atoms with E-state index >= 15 is 0 Å². The van der Waals surface area contributed by atoms with E-state index in [0.717, 1.165) is 21.8 Å². The van der Waals surface area contributed by atoms with Gasteiger partial charge >= 0.3 is 0 Å². The van der Waals surface area contributed by atoms with Crippen molar-refractivity contribution in [2.45, 2.75) is 13.8 Å². The van der Waals surface area contributed by atoms with E-state index in [1.807, 2.05) is 26.0 Å². The molecule has 8 aromatic rings. The van der Waals surface area contributed by atoms with Crippen molar-refractivity contribution in [3.05, 3.63) is 89.1 Å². The van der Waals surface area contributed by atoms with Crippen molar-refractivity contribution in [3.63, 3.8) is 0 Å². The van der Waals surface area contributed by atoms with Crippen LogP contribution in [0.3, 0.4) is 0 Å². The number of para-hydroxylation sites is 1. The van der Waals surface area contributed by atoms with Gasteiger partial charge in [-0.3, -0.25) is 4.79 Å². The molecule has 0 saturated carbocycles. The summed E-state index contributed by atoms with van der Waals surface area (Å²) in [6, 6.07) is 27.7. The van der Waals surface area contributed by atoms with Crippen LogP contribution >= 0.6 is 0 Å². The highest BCUT2D eigenvalue weighted by Gasteiger charge is 2.22. The highest BCUT2D eigenvalue weighted by molar-refractivity contribution is 6.33. The minimum atomic E-state index is 0.127. The lowest BCUT2D eigenvalue weighted by molar-refractivity contribution is 1.34. The predicted molar refractivity (Wildman–Crippen MR) is 134 cm³/mol. The van der Waals surface area contributed by atoms with Crippen molar-refractivity contribution in [1.82, 2.24) is 4.40 Å². The Kier molecular flexibility index (Phi) is 3.05. The van der Waals surface area contributed by atoms with Gasteiger partial charge < -0.3 is 4.40 Å². The van der Waals surface area contributed by atoms with E-state index in [9.17, 15) is 4.79 Å². The van der Waals surface area contributed by atoms with Gasteiger partial charge in [-0.2, -0.15) is 0 Å². The van der Waals surface area contributed by atoms with Crippen molar-refractivity contribution >= 4 is 70.4 Å². The Hall–Kier alpha value is -3.91. The number of aromatic nitrogens is 1. The fourth-order valence-electron chi connectivity index (χ4n) is 5.70. The van der Waals surface area contributed by atoms with Crippen LogP contribution in [0.1, 0.15) is 13.8 Å². The van der Waals surface area contributed by atoms with Crippen molar-refractivity contribution < 1.29 is 0 Å². The zero-order valence-corrected chi connectivity index (χ0v) is 17.4. The number of nitrogens with zero attached hydrogens (tertiary/aromatic N) is 1. The van der Waals surface area contributed by atoms with Gasteiger partial charge in [0.05, 0.1) is 16.6 Å². The lowest BCUT2D eigenvalue weighted by Crippen LogP contribution is -2.11. The molecule has 146 valence electrons. The third-order valence-corrected chi connectivity index (χ3v) is 6.81. The van der Waals surface area contributed by atoms with Crippen LogP contribution in [0, 0.1) is 0 Å². The molecule has 0 aliphatic carbocycles. The van der Waals surface area contributed by atoms with Gasteiger partial charge in [0, 0.05) is 32.3 Å². The maximum absolute atomic E-state index is 13.6. The van der Waals surface area contributed by atoms with Gasteiger partial charge in [-0.1, -0.05) is 80.6 Å². The molecule has 0 aliphatic rings. The molecule has 0 N–H and O–H groups in total. The molecule has 0 bridgehead atoms. The number of benzene rings is 5. The highest BCUT2D eigenvalue weighted by Crippen LogP contribution is 2.43. The molecular weight excluding hydrogens is 378 g/mol. The highest BCUT2D eigenvalue weighted by atomic mass is 16.1. The van der Waals surface area contributed by atoms with Gasteiger partial charge in [-0.15, -0.1) is 0 Å². The van der Waals surface area contributed by atoms with Gasteiger partial charge in [-0.25, -0.2) is 0 Å². The summed E-state index contributed by atoms with van der Waals surface area (Å²) >= 11 is 0. The molecule has 3 heterocycles. The molecule has 0 unspecified atom stereocenters. The summed E-state index contributed by atoms with van der Waals surface area (Å²) in [5.41, 5.74) is 3.44. The second-order valence-electron chi connectivity index (χ2n) is 8.10. The van der Waals surface area contributed by atoms with Gasteiger partial charge in [0.25, 0.3) is 0 Å². The summed E-state index contributed by atoms with van der Waals surface area (Å²) in [4.78, 5) is 13.6.